The molecule has 1 amide bonds. The summed E-state index contributed by atoms with van der Waals surface area (Å²) in [4.78, 5) is 17.9. The Morgan fingerprint density at radius 1 is 1.15 bits per heavy atom. The highest BCUT2D eigenvalue weighted by molar-refractivity contribution is 7.21. The molecule has 2 aromatic carbocycles. The van der Waals surface area contributed by atoms with Crippen LogP contribution in [0.25, 0.3) is 32.2 Å². The number of fused-ring (bicyclic) bond motifs is 5. The summed E-state index contributed by atoms with van der Waals surface area (Å²) in [6, 6.07) is 14.4. The first-order valence-electron chi connectivity index (χ1n) is 8.78. The van der Waals surface area contributed by atoms with Gasteiger partial charge in [-0.05, 0) is 43.3 Å². The van der Waals surface area contributed by atoms with Gasteiger partial charge in [0.25, 0.3) is 5.91 Å². The standard InChI is InChI=1S/C21H16FN3OS/c1-11-10-23-19-18-13-6-7-15(12-4-2-3-5-14(12)22)25-16(13)8-9-17(18)27-20(19)21(26)24-11/h2-9,11,23H,10H2,1H3,(H,24,26)/t11-/m1/s1. The summed E-state index contributed by atoms with van der Waals surface area (Å²) in [5, 5.41) is 8.37. The van der Waals surface area contributed by atoms with Crippen molar-refractivity contribution < 1.29 is 9.18 Å². The molecular weight excluding hydrogens is 361 g/mol. The molecule has 3 heterocycles. The number of benzene rings is 2. The van der Waals surface area contributed by atoms with Crippen LogP contribution in [-0.4, -0.2) is 23.5 Å². The van der Waals surface area contributed by atoms with E-state index < -0.39 is 0 Å². The number of hydrogen-bond acceptors (Lipinski definition) is 4. The molecule has 0 aliphatic carbocycles. The maximum atomic E-state index is 14.1. The zero-order chi connectivity index (χ0) is 18.5. The maximum absolute atomic E-state index is 14.1. The number of thiophene rings is 1. The molecular formula is C21H16FN3OS. The van der Waals surface area contributed by atoms with Gasteiger partial charge in [-0.15, -0.1) is 11.3 Å². The lowest BCUT2D eigenvalue weighted by molar-refractivity contribution is 0.0949. The Morgan fingerprint density at radius 2 is 2.00 bits per heavy atom. The molecule has 2 N–H and O–H groups in total. The summed E-state index contributed by atoms with van der Waals surface area (Å²) in [5.41, 5.74) is 2.72. The molecule has 1 aliphatic rings. The van der Waals surface area contributed by atoms with E-state index in [1.807, 2.05) is 31.2 Å². The molecule has 134 valence electrons. The summed E-state index contributed by atoms with van der Waals surface area (Å²) in [5.74, 6) is -0.338. The number of halogens is 1. The van der Waals surface area contributed by atoms with Crippen LogP contribution in [-0.2, 0) is 0 Å². The van der Waals surface area contributed by atoms with Gasteiger partial charge in [-0.2, -0.15) is 0 Å². The Hall–Kier alpha value is -2.99. The summed E-state index contributed by atoms with van der Waals surface area (Å²) in [6.07, 6.45) is 0. The Kier molecular flexibility index (Phi) is 3.62. The molecule has 0 radical (unpaired) electrons. The molecule has 0 spiro atoms. The second-order valence-corrected chi connectivity index (χ2v) is 7.80. The molecule has 0 unspecified atom stereocenters. The number of aromatic nitrogens is 1. The number of carbonyl (C=O) groups excluding carboxylic acids is 1. The van der Waals surface area contributed by atoms with E-state index in [2.05, 4.69) is 15.6 Å². The number of pyridine rings is 1. The molecule has 0 bridgehead atoms. The van der Waals surface area contributed by atoms with Crippen LogP contribution >= 0.6 is 11.3 Å². The van der Waals surface area contributed by atoms with Gasteiger partial charge in [0.2, 0.25) is 0 Å². The lowest BCUT2D eigenvalue weighted by Gasteiger charge is -2.10. The van der Waals surface area contributed by atoms with Crippen LogP contribution < -0.4 is 10.6 Å². The van der Waals surface area contributed by atoms with Crippen molar-refractivity contribution in [1.29, 1.82) is 0 Å². The third kappa shape index (κ3) is 2.56. The molecule has 0 saturated carbocycles. The Bertz CT molecular complexity index is 1220. The molecule has 5 rings (SSSR count). The average molecular weight is 377 g/mol. The first-order chi connectivity index (χ1) is 13.1. The molecule has 4 aromatic rings. The minimum atomic E-state index is -0.290. The predicted molar refractivity (Wildman–Crippen MR) is 108 cm³/mol. The van der Waals surface area contributed by atoms with Gasteiger partial charge in [0.1, 0.15) is 10.7 Å². The number of hydrogen-bond donors (Lipinski definition) is 2. The van der Waals surface area contributed by atoms with Crippen LogP contribution in [0.1, 0.15) is 16.6 Å². The second kappa shape index (κ2) is 6.03. The number of rotatable bonds is 1. The molecule has 1 aliphatic heterocycles. The normalized spacial score (nSPS) is 16.7. The van der Waals surface area contributed by atoms with Crippen LogP contribution in [0, 0.1) is 5.82 Å². The van der Waals surface area contributed by atoms with Crippen LogP contribution in [0.5, 0.6) is 0 Å². The van der Waals surface area contributed by atoms with Crippen molar-refractivity contribution in [3.63, 3.8) is 0 Å². The van der Waals surface area contributed by atoms with Crippen LogP contribution in [0.4, 0.5) is 10.1 Å². The Labute approximate surface area is 159 Å². The molecule has 6 heteroatoms. The fourth-order valence-corrected chi connectivity index (χ4v) is 4.64. The van der Waals surface area contributed by atoms with E-state index in [0.717, 1.165) is 26.7 Å². The third-order valence-corrected chi connectivity index (χ3v) is 5.99. The van der Waals surface area contributed by atoms with E-state index in [9.17, 15) is 9.18 Å². The van der Waals surface area contributed by atoms with Gasteiger partial charge < -0.3 is 10.6 Å². The fourth-order valence-electron chi connectivity index (χ4n) is 3.54. The van der Waals surface area contributed by atoms with E-state index in [-0.39, 0.29) is 17.8 Å². The molecule has 0 fully saturated rings. The van der Waals surface area contributed by atoms with E-state index in [1.54, 1.807) is 18.2 Å². The number of anilines is 1. The highest BCUT2D eigenvalue weighted by Gasteiger charge is 2.24. The molecule has 1 atom stereocenters. The molecule has 2 aromatic heterocycles. The smallest absolute Gasteiger partial charge is 0.263 e. The van der Waals surface area contributed by atoms with E-state index in [1.165, 1.54) is 17.4 Å². The Morgan fingerprint density at radius 3 is 2.85 bits per heavy atom. The predicted octanol–water partition coefficient (Wildman–Crippen LogP) is 4.80. The Balaban J connectivity index is 1.74. The second-order valence-electron chi connectivity index (χ2n) is 6.74. The first kappa shape index (κ1) is 16.2. The van der Waals surface area contributed by atoms with Gasteiger partial charge in [-0.1, -0.05) is 12.1 Å². The molecule has 27 heavy (non-hydrogen) atoms. The lowest BCUT2D eigenvalue weighted by Crippen LogP contribution is -2.34. The van der Waals surface area contributed by atoms with Crippen molar-refractivity contribution in [2.24, 2.45) is 0 Å². The van der Waals surface area contributed by atoms with E-state index >= 15 is 0 Å². The maximum Gasteiger partial charge on any atom is 0.263 e. The van der Waals surface area contributed by atoms with Crippen LogP contribution in [0.3, 0.4) is 0 Å². The van der Waals surface area contributed by atoms with Gasteiger partial charge in [0.15, 0.2) is 0 Å². The van der Waals surface area contributed by atoms with Crippen LogP contribution in [0.15, 0.2) is 48.5 Å². The fraction of sp³-hybridized carbons (Fsp3) is 0.143. The summed E-state index contributed by atoms with van der Waals surface area (Å²) < 4.78 is 15.2. The monoisotopic (exact) mass is 377 g/mol. The topological polar surface area (TPSA) is 54.0 Å². The zero-order valence-electron chi connectivity index (χ0n) is 14.5. The molecule has 0 saturated heterocycles. The number of nitrogens with zero attached hydrogens (tertiary/aromatic N) is 1. The van der Waals surface area contributed by atoms with Crippen molar-refractivity contribution in [2.45, 2.75) is 13.0 Å². The van der Waals surface area contributed by atoms with Gasteiger partial charge >= 0.3 is 0 Å². The summed E-state index contributed by atoms with van der Waals surface area (Å²) in [7, 11) is 0. The van der Waals surface area contributed by atoms with E-state index in [4.69, 9.17) is 0 Å². The highest BCUT2D eigenvalue weighted by atomic mass is 32.1. The van der Waals surface area contributed by atoms with Gasteiger partial charge in [-0.3, -0.25) is 4.79 Å². The first-order valence-corrected chi connectivity index (χ1v) is 9.59. The lowest BCUT2D eigenvalue weighted by atomic mass is 10.1. The largest absolute Gasteiger partial charge is 0.381 e. The van der Waals surface area contributed by atoms with Crippen molar-refractivity contribution in [2.75, 3.05) is 11.9 Å². The number of nitrogens with one attached hydrogen (secondary N) is 2. The van der Waals surface area contributed by atoms with Gasteiger partial charge in [-0.25, -0.2) is 9.37 Å². The minimum Gasteiger partial charge on any atom is -0.381 e. The van der Waals surface area contributed by atoms with Crippen molar-refractivity contribution in [3.8, 4) is 11.3 Å². The van der Waals surface area contributed by atoms with Gasteiger partial charge in [0, 0.05) is 33.6 Å². The highest BCUT2D eigenvalue weighted by Crippen LogP contribution is 2.41. The average Bonchev–Trinajstić information content (AvgIpc) is 2.99. The number of amides is 1. The van der Waals surface area contributed by atoms with Crippen LogP contribution in [0.2, 0.25) is 0 Å². The third-order valence-electron chi connectivity index (χ3n) is 4.84. The summed E-state index contributed by atoms with van der Waals surface area (Å²) >= 11 is 1.48. The number of carbonyl (C=O) groups is 1. The molecule has 4 nitrogen and oxygen atoms in total. The minimum absolute atomic E-state index is 0.0483. The van der Waals surface area contributed by atoms with E-state index in [0.29, 0.717) is 22.7 Å². The zero-order valence-corrected chi connectivity index (χ0v) is 15.4. The van der Waals surface area contributed by atoms with Gasteiger partial charge in [0.05, 0.1) is 16.9 Å². The van der Waals surface area contributed by atoms with Crippen molar-refractivity contribution >= 4 is 43.9 Å². The SMILES string of the molecule is C[C@@H]1CNc2c(sc3ccc4nc(-c5ccccc5F)ccc4c23)C(=O)N1. The van der Waals surface area contributed by atoms with Crippen molar-refractivity contribution in [1.82, 2.24) is 10.3 Å². The van der Waals surface area contributed by atoms with Crippen molar-refractivity contribution in [3.05, 3.63) is 59.2 Å². The summed E-state index contributed by atoms with van der Waals surface area (Å²) in [6.45, 7) is 2.64. The quantitative estimate of drug-likeness (QED) is 0.501.